The molecule has 0 radical (unpaired) electrons. The van der Waals surface area contributed by atoms with Crippen molar-refractivity contribution < 1.29 is 9.53 Å². The Hall–Kier alpha value is -2.96. The van der Waals surface area contributed by atoms with E-state index in [0.29, 0.717) is 30.3 Å². The van der Waals surface area contributed by atoms with E-state index in [0.717, 1.165) is 16.8 Å². The molecule has 4 rings (SSSR count). The van der Waals surface area contributed by atoms with Crippen molar-refractivity contribution in [3.8, 4) is 11.1 Å². The van der Waals surface area contributed by atoms with Crippen LogP contribution in [0.4, 0.5) is 0 Å². The molecule has 0 saturated carbocycles. The van der Waals surface area contributed by atoms with E-state index in [1.807, 2.05) is 36.4 Å². The van der Waals surface area contributed by atoms with Crippen molar-refractivity contribution in [3.63, 3.8) is 0 Å². The molecular weight excluding hydrogens is 390 g/mol. The number of hydrogen-bond acceptors (Lipinski definition) is 4. The smallest absolute Gasteiger partial charge is 0.255 e. The van der Waals surface area contributed by atoms with E-state index in [1.165, 1.54) is 10.6 Å². The molecule has 0 N–H and O–H groups in total. The van der Waals surface area contributed by atoms with Gasteiger partial charge in [-0.15, -0.1) is 0 Å². The molecule has 1 amide bonds. The van der Waals surface area contributed by atoms with Gasteiger partial charge in [0.05, 0.1) is 24.4 Å². The SMILES string of the molecule is Cn1cc(C(=O)N2CCOC(c3ccc(-c4cccc(Cl)c4)cn3)C2)ccc1=O. The third-order valence-corrected chi connectivity index (χ3v) is 5.20. The first kappa shape index (κ1) is 19.4. The minimum absolute atomic E-state index is 0.121. The van der Waals surface area contributed by atoms with Gasteiger partial charge in [-0.2, -0.15) is 0 Å². The lowest BCUT2D eigenvalue weighted by molar-refractivity contribution is -0.0247. The molecule has 1 aliphatic heterocycles. The van der Waals surface area contributed by atoms with Crippen molar-refractivity contribution in [1.82, 2.24) is 14.5 Å². The molecule has 1 aromatic carbocycles. The largest absolute Gasteiger partial charge is 0.368 e. The van der Waals surface area contributed by atoms with Gasteiger partial charge >= 0.3 is 0 Å². The molecule has 2 aromatic heterocycles. The predicted molar refractivity (Wildman–Crippen MR) is 111 cm³/mol. The lowest BCUT2D eigenvalue weighted by Crippen LogP contribution is -2.42. The van der Waals surface area contributed by atoms with Crippen LogP contribution < -0.4 is 5.56 Å². The maximum absolute atomic E-state index is 12.8. The second-order valence-corrected chi connectivity index (χ2v) is 7.40. The summed E-state index contributed by atoms with van der Waals surface area (Å²) in [7, 11) is 1.63. The number of carbonyl (C=O) groups is 1. The molecule has 1 unspecified atom stereocenters. The summed E-state index contributed by atoms with van der Waals surface area (Å²) in [6.45, 7) is 1.34. The van der Waals surface area contributed by atoms with Gasteiger partial charge in [-0.25, -0.2) is 0 Å². The maximum atomic E-state index is 12.8. The number of amides is 1. The van der Waals surface area contributed by atoms with Crippen molar-refractivity contribution in [3.05, 3.63) is 87.6 Å². The molecule has 0 aliphatic carbocycles. The Morgan fingerprint density at radius 2 is 2.03 bits per heavy atom. The fraction of sp³-hybridized carbons (Fsp3) is 0.227. The van der Waals surface area contributed by atoms with Crippen molar-refractivity contribution >= 4 is 17.5 Å². The van der Waals surface area contributed by atoms with Gasteiger partial charge in [0.15, 0.2) is 0 Å². The van der Waals surface area contributed by atoms with Crippen molar-refractivity contribution in [2.45, 2.75) is 6.10 Å². The first-order chi connectivity index (χ1) is 14.0. The Balaban J connectivity index is 1.50. The summed E-state index contributed by atoms with van der Waals surface area (Å²) in [6, 6.07) is 14.5. The van der Waals surface area contributed by atoms with Crippen LogP contribution in [0.1, 0.15) is 22.2 Å². The number of morpholine rings is 1. The Kier molecular flexibility index (Phi) is 5.47. The highest BCUT2D eigenvalue weighted by Crippen LogP contribution is 2.26. The molecule has 3 aromatic rings. The summed E-state index contributed by atoms with van der Waals surface area (Å²) >= 11 is 6.07. The quantitative estimate of drug-likeness (QED) is 0.665. The first-order valence-corrected chi connectivity index (χ1v) is 9.68. The van der Waals surface area contributed by atoms with Gasteiger partial charge in [0.25, 0.3) is 5.91 Å². The number of nitrogens with zero attached hydrogens (tertiary/aromatic N) is 3. The normalized spacial score (nSPS) is 16.6. The number of hydrogen-bond donors (Lipinski definition) is 0. The number of aromatic nitrogens is 2. The summed E-state index contributed by atoms with van der Waals surface area (Å²) in [6.07, 6.45) is 3.05. The van der Waals surface area contributed by atoms with Crippen LogP contribution in [0.15, 0.2) is 65.7 Å². The van der Waals surface area contributed by atoms with Gasteiger partial charge in [-0.05, 0) is 29.8 Å². The summed E-state index contributed by atoms with van der Waals surface area (Å²) in [5.41, 5.74) is 3.06. The van der Waals surface area contributed by atoms with Crippen LogP contribution in [0, 0.1) is 0 Å². The summed E-state index contributed by atoms with van der Waals surface area (Å²) in [5, 5.41) is 0.676. The lowest BCUT2D eigenvalue weighted by atomic mass is 10.1. The highest BCUT2D eigenvalue weighted by Gasteiger charge is 2.27. The van der Waals surface area contributed by atoms with Crippen molar-refractivity contribution in [2.75, 3.05) is 19.7 Å². The molecule has 0 bridgehead atoms. The zero-order valence-corrected chi connectivity index (χ0v) is 16.7. The fourth-order valence-corrected chi connectivity index (χ4v) is 3.54. The molecule has 1 aliphatic rings. The number of halogens is 1. The van der Waals surface area contributed by atoms with Gasteiger partial charge in [-0.3, -0.25) is 14.6 Å². The molecule has 1 saturated heterocycles. The second-order valence-electron chi connectivity index (χ2n) is 6.96. The van der Waals surface area contributed by atoms with Crippen LogP contribution in [0.3, 0.4) is 0 Å². The van der Waals surface area contributed by atoms with Crippen molar-refractivity contribution in [1.29, 1.82) is 0 Å². The molecule has 3 heterocycles. The molecule has 7 heteroatoms. The zero-order valence-electron chi connectivity index (χ0n) is 15.9. The van der Waals surface area contributed by atoms with E-state index < -0.39 is 0 Å². The topological polar surface area (TPSA) is 64.4 Å². The second kappa shape index (κ2) is 8.19. The van der Waals surface area contributed by atoms with Crippen LogP contribution in [-0.2, 0) is 11.8 Å². The third-order valence-electron chi connectivity index (χ3n) is 4.96. The Morgan fingerprint density at radius 1 is 1.17 bits per heavy atom. The number of carbonyl (C=O) groups excluding carboxylic acids is 1. The number of benzene rings is 1. The molecular formula is C22H20ClN3O3. The van der Waals surface area contributed by atoms with Crippen LogP contribution >= 0.6 is 11.6 Å². The average Bonchev–Trinajstić information content (AvgIpc) is 2.75. The fourth-order valence-electron chi connectivity index (χ4n) is 3.35. The molecule has 1 atom stereocenters. The van der Waals surface area contributed by atoms with E-state index in [1.54, 1.807) is 30.4 Å². The summed E-state index contributed by atoms with van der Waals surface area (Å²) in [5.74, 6) is -0.121. The lowest BCUT2D eigenvalue weighted by Gasteiger charge is -2.32. The third kappa shape index (κ3) is 4.23. The van der Waals surface area contributed by atoms with Gasteiger partial charge in [0, 0.05) is 42.6 Å². The maximum Gasteiger partial charge on any atom is 0.255 e. The van der Waals surface area contributed by atoms with Crippen molar-refractivity contribution in [2.24, 2.45) is 7.05 Å². The number of ether oxygens (including phenoxy) is 1. The zero-order chi connectivity index (χ0) is 20.4. The van der Waals surface area contributed by atoms with Gasteiger partial charge < -0.3 is 14.2 Å². The van der Waals surface area contributed by atoms with E-state index >= 15 is 0 Å². The van der Waals surface area contributed by atoms with Crippen LogP contribution in [0.25, 0.3) is 11.1 Å². The molecule has 148 valence electrons. The molecule has 1 fully saturated rings. The molecule has 29 heavy (non-hydrogen) atoms. The van der Waals surface area contributed by atoms with E-state index in [2.05, 4.69) is 4.98 Å². The van der Waals surface area contributed by atoms with Gasteiger partial charge in [0.2, 0.25) is 5.56 Å². The Labute approximate surface area is 173 Å². The average molecular weight is 410 g/mol. The summed E-state index contributed by atoms with van der Waals surface area (Å²) in [4.78, 5) is 30.7. The van der Waals surface area contributed by atoms with E-state index in [9.17, 15) is 9.59 Å². The predicted octanol–water partition coefficient (Wildman–Crippen LogP) is 3.31. The number of aryl methyl sites for hydroxylation is 1. The molecule has 6 nitrogen and oxygen atoms in total. The van der Waals surface area contributed by atoms with Gasteiger partial charge in [-0.1, -0.05) is 29.8 Å². The summed E-state index contributed by atoms with van der Waals surface area (Å²) < 4.78 is 7.26. The minimum Gasteiger partial charge on any atom is -0.368 e. The highest BCUT2D eigenvalue weighted by atomic mass is 35.5. The van der Waals surface area contributed by atoms with Crippen LogP contribution in [-0.4, -0.2) is 40.1 Å². The van der Waals surface area contributed by atoms with Crippen LogP contribution in [0.5, 0.6) is 0 Å². The highest BCUT2D eigenvalue weighted by molar-refractivity contribution is 6.30. The van der Waals surface area contributed by atoms with E-state index in [4.69, 9.17) is 16.3 Å². The number of pyridine rings is 2. The molecule has 0 spiro atoms. The first-order valence-electron chi connectivity index (χ1n) is 9.31. The van der Waals surface area contributed by atoms with Crippen LogP contribution in [0.2, 0.25) is 5.02 Å². The Bertz CT molecular complexity index is 1090. The number of rotatable bonds is 3. The minimum atomic E-state index is -0.298. The van der Waals surface area contributed by atoms with Gasteiger partial charge in [0.1, 0.15) is 6.10 Å². The Morgan fingerprint density at radius 3 is 2.76 bits per heavy atom. The monoisotopic (exact) mass is 409 g/mol. The van der Waals surface area contributed by atoms with E-state index in [-0.39, 0.29) is 17.6 Å². The standard InChI is InChI=1S/C22H20ClN3O3/c1-25-13-17(6-8-21(25)27)22(28)26-9-10-29-20(14-26)19-7-5-16(12-24-19)15-3-2-4-18(23)11-15/h2-8,11-13,20H,9-10,14H2,1H3.